The van der Waals surface area contributed by atoms with E-state index in [1.54, 1.807) is 23.7 Å². The van der Waals surface area contributed by atoms with Crippen LogP contribution in [0, 0.1) is 0 Å². The minimum Gasteiger partial charge on any atom is -0.465 e. The fourth-order valence-electron chi connectivity index (χ4n) is 2.40. The minimum atomic E-state index is -1.16. The predicted octanol–water partition coefficient (Wildman–Crippen LogP) is 3.78. The number of hydrogen-bond acceptors (Lipinski definition) is 4. The number of benzene rings is 2. The Labute approximate surface area is 135 Å². The molecule has 0 radical (unpaired) electrons. The molecule has 0 saturated heterocycles. The molecule has 23 heavy (non-hydrogen) atoms. The maximum Gasteiger partial charge on any atom is 0.409 e. The number of carboxylic acid groups (broad SMARTS) is 1. The molecular weight excluding hydrogens is 316 g/mol. The van der Waals surface area contributed by atoms with Crippen molar-refractivity contribution in [2.75, 3.05) is 5.32 Å². The van der Waals surface area contributed by atoms with E-state index in [1.165, 1.54) is 11.3 Å². The number of nitrogens with one attached hydrogen (secondary N) is 2. The zero-order valence-electron chi connectivity index (χ0n) is 11.7. The van der Waals surface area contributed by atoms with E-state index in [0.29, 0.717) is 16.1 Å². The summed E-state index contributed by atoms with van der Waals surface area (Å²) in [5, 5.41) is 20.9. The lowest BCUT2D eigenvalue weighted by Crippen LogP contribution is -2.17. The molecule has 6 nitrogen and oxygen atoms in total. The smallest absolute Gasteiger partial charge is 0.409 e. The van der Waals surface area contributed by atoms with Gasteiger partial charge in [-0.15, -0.1) is 11.3 Å². The van der Waals surface area contributed by atoms with Gasteiger partial charge >= 0.3 is 6.09 Å². The lowest BCUT2D eigenvalue weighted by Gasteiger charge is -2.05. The molecule has 0 spiro atoms. The lowest BCUT2D eigenvalue weighted by molar-refractivity contribution is 0.0711. The average molecular weight is 328 g/mol. The standard InChI is InChI=1S/C16H12N2O4S/c19-15(18-22)14-13(9-4-2-1-3-5-9)11-8-10(17-16(20)21)6-7-12(11)23-14/h1-8,17,22H,(H,18,19)(H,20,21). The number of thiophene rings is 1. The molecule has 0 unspecified atom stereocenters. The summed E-state index contributed by atoms with van der Waals surface area (Å²) in [6.07, 6.45) is -1.16. The highest BCUT2D eigenvalue weighted by Gasteiger charge is 2.19. The maximum absolute atomic E-state index is 12.0. The third-order valence-corrected chi connectivity index (χ3v) is 4.48. The summed E-state index contributed by atoms with van der Waals surface area (Å²) in [6, 6.07) is 14.3. The van der Waals surface area contributed by atoms with Gasteiger partial charge in [-0.1, -0.05) is 30.3 Å². The number of hydrogen-bond donors (Lipinski definition) is 4. The van der Waals surface area contributed by atoms with Crippen molar-refractivity contribution in [2.45, 2.75) is 0 Å². The number of carbonyl (C=O) groups is 2. The second-order valence-corrected chi connectivity index (χ2v) is 5.81. The Morgan fingerprint density at radius 3 is 2.43 bits per heavy atom. The molecule has 3 rings (SSSR count). The number of rotatable bonds is 3. The van der Waals surface area contributed by atoms with Crippen LogP contribution in [0.3, 0.4) is 0 Å². The van der Waals surface area contributed by atoms with Crippen LogP contribution >= 0.6 is 11.3 Å². The van der Waals surface area contributed by atoms with Gasteiger partial charge in [0.05, 0.1) is 0 Å². The summed E-state index contributed by atoms with van der Waals surface area (Å²) in [7, 11) is 0. The summed E-state index contributed by atoms with van der Waals surface area (Å²) in [4.78, 5) is 23.2. The summed E-state index contributed by atoms with van der Waals surface area (Å²) in [5.41, 5.74) is 3.54. The van der Waals surface area contributed by atoms with E-state index in [4.69, 9.17) is 10.3 Å². The molecule has 2 aromatic carbocycles. The van der Waals surface area contributed by atoms with Gasteiger partial charge in [0.25, 0.3) is 5.91 Å². The molecule has 3 aromatic rings. The highest BCUT2D eigenvalue weighted by atomic mass is 32.1. The van der Waals surface area contributed by atoms with Crippen LogP contribution in [0.5, 0.6) is 0 Å². The molecule has 7 heteroatoms. The topological polar surface area (TPSA) is 98.7 Å². The van der Waals surface area contributed by atoms with Gasteiger partial charge in [-0.2, -0.15) is 0 Å². The van der Waals surface area contributed by atoms with Gasteiger partial charge in [-0.3, -0.25) is 15.3 Å². The van der Waals surface area contributed by atoms with Crippen LogP contribution in [0.15, 0.2) is 48.5 Å². The van der Waals surface area contributed by atoms with E-state index in [0.717, 1.165) is 15.6 Å². The normalized spacial score (nSPS) is 10.5. The Hall–Kier alpha value is -2.90. The number of fused-ring (bicyclic) bond motifs is 1. The van der Waals surface area contributed by atoms with E-state index >= 15 is 0 Å². The van der Waals surface area contributed by atoms with Gasteiger partial charge in [0.1, 0.15) is 4.88 Å². The van der Waals surface area contributed by atoms with Gasteiger partial charge < -0.3 is 5.11 Å². The quantitative estimate of drug-likeness (QED) is 0.434. The summed E-state index contributed by atoms with van der Waals surface area (Å²) >= 11 is 1.23. The molecule has 0 aliphatic carbocycles. The van der Waals surface area contributed by atoms with Gasteiger partial charge in [-0.25, -0.2) is 10.3 Å². The van der Waals surface area contributed by atoms with Crippen molar-refractivity contribution in [3.05, 3.63) is 53.4 Å². The molecule has 1 aromatic heterocycles. The van der Waals surface area contributed by atoms with Crippen LogP contribution in [0.4, 0.5) is 10.5 Å². The second-order valence-electron chi connectivity index (χ2n) is 4.75. The van der Waals surface area contributed by atoms with Crippen molar-refractivity contribution in [1.82, 2.24) is 5.48 Å². The Morgan fingerprint density at radius 1 is 1.04 bits per heavy atom. The Kier molecular flexibility index (Phi) is 3.96. The molecule has 0 fully saturated rings. The number of anilines is 1. The molecule has 2 amide bonds. The van der Waals surface area contributed by atoms with E-state index in [1.807, 2.05) is 30.3 Å². The first-order valence-electron chi connectivity index (χ1n) is 6.66. The Bertz CT molecular complexity index is 890. The first-order chi connectivity index (χ1) is 11.1. The van der Waals surface area contributed by atoms with Crippen LogP contribution in [0.25, 0.3) is 21.2 Å². The highest BCUT2D eigenvalue weighted by Crippen LogP contribution is 2.39. The molecule has 1 heterocycles. The molecule has 0 bridgehead atoms. The van der Waals surface area contributed by atoms with Crippen molar-refractivity contribution in [3.63, 3.8) is 0 Å². The highest BCUT2D eigenvalue weighted by molar-refractivity contribution is 7.21. The zero-order chi connectivity index (χ0) is 16.4. The molecule has 0 atom stereocenters. The van der Waals surface area contributed by atoms with E-state index < -0.39 is 12.0 Å². The van der Waals surface area contributed by atoms with E-state index in [9.17, 15) is 9.59 Å². The van der Waals surface area contributed by atoms with E-state index in [2.05, 4.69) is 5.32 Å². The average Bonchev–Trinajstić information content (AvgIpc) is 2.93. The summed E-state index contributed by atoms with van der Waals surface area (Å²) in [5.74, 6) is -0.599. The summed E-state index contributed by atoms with van der Waals surface area (Å²) in [6.45, 7) is 0. The van der Waals surface area contributed by atoms with Gasteiger partial charge in [0.2, 0.25) is 0 Å². The summed E-state index contributed by atoms with van der Waals surface area (Å²) < 4.78 is 0.818. The third-order valence-electron chi connectivity index (χ3n) is 3.31. The van der Waals surface area contributed by atoms with Gasteiger partial charge in [-0.05, 0) is 23.8 Å². The van der Waals surface area contributed by atoms with Crippen molar-refractivity contribution < 1.29 is 19.9 Å². The van der Waals surface area contributed by atoms with Gasteiger partial charge in [0.15, 0.2) is 0 Å². The van der Waals surface area contributed by atoms with Crippen molar-refractivity contribution in [3.8, 4) is 11.1 Å². The van der Waals surface area contributed by atoms with Crippen LogP contribution < -0.4 is 10.8 Å². The zero-order valence-corrected chi connectivity index (χ0v) is 12.6. The van der Waals surface area contributed by atoms with Crippen LogP contribution in [0.1, 0.15) is 9.67 Å². The van der Waals surface area contributed by atoms with Crippen LogP contribution in [-0.4, -0.2) is 22.3 Å². The molecule has 4 N–H and O–H groups in total. The molecule has 116 valence electrons. The van der Waals surface area contributed by atoms with Gasteiger partial charge in [0, 0.05) is 21.3 Å². The van der Waals surface area contributed by atoms with Crippen LogP contribution in [-0.2, 0) is 0 Å². The van der Waals surface area contributed by atoms with E-state index in [-0.39, 0.29) is 0 Å². The largest absolute Gasteiger partial charge is 0.465 e. The minimum absolute atomic E-state index is 0.362. The first-order valence-corrected chi connectivity index (χ1v) is 7.48. The monoisotopic (exact) mass is 328 g/mol. The number of hydroxylamine groups is 1. The predicted molar refractivity (Wildman–Crippen MR) is 88.2 cm³/mol. The Balaban J connectivity index is 2.27. The molecular formula is C16H12N2O4S. The molecule has 0 aliphatic heterocycles. The number of carbonyl (C=O) groups excluding carboxylic acids is 1. The maximum atomic E-state index is 12.0. The van der Waals surface area contributed by atoms with Crippen molar-refractivity contribution in [2.24, 2.45) is 0 Å². The third kappa shape index (κ3) is 2.87. The number of amides is 2. The molecule has 0 aliphatic rings. The first kappa shape index (κ1) is 15.0. The second kappa shape index (κ2) is 6.07. The SMILES string of the molecule is O=C(O)Nc1ccc2sc(C(=O)NO)c(-c3ccccc3)c2c1. The fraction of sp³-hybridized carbons (Fsp3) is 0. The molecule has 0 saturated carbocycles. The lowest BCUT2D eigenvalue weighted by atomic mass is 10.0. The Morgan fingerprint density at radius 2 is 1.78 bits per heavy atom. The van der Waals surface area contributed by atoms with Crippen LogP contribution in [0.2, 0.25) is 0 Å². The fourth-order valence-corrected chi connectivity index (χ4v) is 3.50. The van der Waals surface area contributed by atoms with Crippen molar-refractivity contribution in [1.29, 1.82) is 0 Å². The van der Waals surface area contributed by atoms with Crippen molar-refractivity contribution >= 4 is 39.1 Å².